The first-order valence-corrected chi connectivity index (χ1v) is 7.29. The highest BCUT2D eigenvalue weighted by Gasteiger charge is 2.62. The molecule has 1 aromatic rings. The maximum Gasteiger partial charge on any atom is 0.218 e. The molecule has 0 saturated heterocycles. The predicted molar refractivity (Wildman–Crippen MR) is 75.8 cm³/mol. The van der Waals surface area contributed by atoms with Crippen molar-refractivity contribution in [2.45, 2.75) is 52.7 Å². The van der Waals surface area contributed by atoms with Gasteiger partial charge in [-0.25, -0.2) is 4.98 Å². The van der Waals surface area contributed by atoms with E-state index >= 15 is 0 Å². The topological polar surface area (TPSA) is 48.1 Å². The molecule has 2 fully saturated rings. The normalized spacial score (nSPS) is 35.6. The smallest absolute Gasteiger partial charge is 0.218 e. The lowest BCUT2D eigenvalue weighted by Crippen LogP contribution is -2.39. The van der Waals surface area contributed by atoms with Crippen LogP contribution in [0.15, 0.2) is 18.3 Å². The summed E-state index contributed by atoms with van der Waals surface area (Å²) in [5, 5.41) is 0. The van der Waals surface area contributed by atoms with Crippen LogP contribution in [0.5, 0.6) is 5.88 Å². The Balaban J connectivity index is 1.86. The van der Waals surface area contributed by atoms with Gasteiger partial charge in [0.25, 0.3) is 0 Å². The van der Waals surface area contributed by atoms with E-state index in [1.807, 2.05) is 12.1 Å². The van der Waals surface area contributed by atoms with Crippen LogP contribution in [0.4, 0.5) is 0 Å². The van der Waals surface area contributed by atoms with Crippen LogP contribution in [0, 0.1) is 16.7 Å². The van der Waals surface area contributed by atoms with Crippen molar-refractivity contribution in [1.82, 2.24) is 4.98 Å². The number of rotatable bonds is 3. The van der Waals surface area contributed by atoms with E-state index in [2.05, 4.69) is 25.8 Å². The molecule has 2 bridgehead atoms. The minimum absolute atomic E-state index is 0.265. The van der Waals surface area contributed by atoms with Crippen molar-refractivity contribution in [3.05, 3.63) is 23.9 Å². The summed E-state index contributed by atoms with van der Waals surface area (Å²) in [7, 11) is 0. The van der Waals surface area contributed by atoms with Crippen LogP contribution in [0.2, 0.25) is 0 Å². The zero-order valence-corrected chi connectivity index (χ0v) is 12.1. The molecule has 2 aliphatic carbocycles. The average Bonchev–Trinajstić information content (AvgIpc) is 2.72. The Labute approximate surface area is 115 Å². The molecule has 104 valence electrons. The fraction of sp³-hybridized carbons (Fsp3) is 0.688. The van der Waals surface area contributed by atoms with E-state index in [9.17, 15) is 0 Å². The monoisotopic (exact) mass is 260 g/mol. The summed E-state index contributed by atoms with van der Waals surface area (Å²) in [5.74, 6) is 1.52. The number of nitrogens with two attached hydrogens (primary N) is 1. The Hall–Kier alpha value is -1.09. The van der Waals surface area contributed by atoms with Gasteiger partial charge in [0.2, 0.25) is 5.88 Å². The van der Waals surface area contributed by atoms with Crippen molar-refractivity contribution in [1.29, 1.82) is 0 Å². The fourth-order valence-electron chi connectivity index (χ4n) is 4.13. The van der Waals surface area contributed by atoms with E-state index in [1.54, 1.807) is 6.20 Å². The molecule has 1 heterocycles. The summed E-state index contributed by atoms with van der Waals surface area (Å²) in [4.78, 5) is 4.37. The summed E-state index contributed by atoms with van der Waals surface area (Å²) in [6, 6.07) is 3.92. The first kappa shape index (κ1) is 12.9. The Morgan fingerprint density at radius 2 is 2.21 bits per heavy atom. The van der Waals surface area contributed by atoms with Gasteiger partial charge in [0, 0.05) is 23.7 Å². The number of nitrogens with zero attached hydrogens (tertiary/aromatic N) is 1. The van der Waals surface area contributed by atoms with Gasteiger partial charge in [0.15, 0.2) is 0 Å². The second-order valence-electron chi connectivity index (χ2n) is 6.89. The Morgan fingerprint density at radius 3 is 2.79 bits per heavy atom. The Morgan fingerprint density at radius 1 is 1.42 bits per heavy atom. The van der Waals surface area contributed by atoms with Crippen LogP contribution in [-0.2, 0) is 6.54 Å². The fourth-order valence-corrected chi connectivity index (χ4v) is 4.13. The molecule has 3 rings (SSSR count). The van der Waals surface area contributed by atoms with Crippen LogP contribution in [0.1, 0.15) is 45.6 Å². The minimum atomic E-state index is 0.265. The maximum atomic E-state index is 6.28. The SMILES string of the molecule is CC1(C)C2CCC1(C)C(Oc1ncccc1CN)C2. The van der Waals surface area contributed by atoms with Crippen molar-refractivity contribution >= 4 is 0 Å². The molecule has 0 aromatic carbocycles. The minimum Gasteiger partial charge on any atom is -0.474 e. The van der Waals surface area contributed by atoms with Gasteiger partial charge in [-0.2, -0.15) is 0 Å². The van der Waals surface area contributed by atoms with Crippen LogP contribution in [0.25, 0.3) is 0 Å². The first-order chi connectivity index (χ1) is 8.99. The zero-order valence-electron chi connectivity index (χ0n) is 12.1. The highest BCUT2D eigenvalue weighted by Crippen LogP contribution is 2.66. The molecule has 3 unspecified atom stereocenters. The van der Waals surface area contributed by atoms with Crippen molar-refractivity contribution < 1.29 is 4.74 Å². The number of ether oxygens (including phenoxy) is 1. The number of hydrogen-bond donors (Lipinski definition) is 1. The lowest BCUT2D eigenvalue weighted by atomic mass is 9.70. The Kier molecular flexibility index (Phi) is 2.86. The quantitative estimate of drug-likeness (QED) is 0.908. The molecule has 1 aromatic heterocycles. The molecule has 0 spiro atoms. The van der Waals surface area contributed by atoms with E-state index < -0.39 is 0 Å². The summed E-state index contributed by atoms with van der Waals surface area (Å²) >= 11 is 0. The van der Waals surface area contributed by atoms with Gasteiger partial charge in [-0.1, -0.05) is 26.8 Å². The molecule has 19 heavy (non-hydrogen) atoms. The van der Waals surface area contributed by atoms with Crippen LogP contribution in [0.3, 0.4) is 0 Å². The molecule has 3 heteroatoms. The number of aromatic nitrogens is 1. The van der Waals surface area contributed by atoms with Crippen LogP contribution < -0.4 is 10.5 Å². The maximum absolute atomic E-state index is 6.28. The standard InChI is InChI=1S/C16H24N2O/c1-15(2)12-6-7-16(15,3)13(9-12)19-14-11(10-17)5-4-8-18-14/h4-5,8,12-13H,6-7,9-10,17H2,1-3H3. The third-order valence-corrected chi connectivity index (χ3v) is 6.04. The zero-order chi connectivity index (χ0) is 13.7. The third kappa shape index (κ3) is 1.71. The molecule has 2 N–H and O–H groups in total. The molecule has 2 aliphatic rings. The number of pyridine rings is 1. The molecule has 3 atom stereocenters. The van der Waals surface area contributed by atoms with Crippen molar-refractivity contribution in [2.24, 2.45) is 22.5 Å². The number of fused-ring (bicyclic) bond motifs is 2. The van der Waals surface area contributed by atoms with Crippen molar-refractivity contribution in [2.75, 3.05) is 0 Å². The van der Waals surface area contributed by atoms with Crippen LogP contribution in [-0.4, -0.2) is 11.1 Å². The first-order valence-electron chi connectivity index (χ1n) is 7.29. The van der Waals surface area contributed by atoms with Gasteiger partial charge in [-0.15, -0.1) is 0 Å². The van der Waals surface area contributed by atoms with Gasteiger partial charge < -0.3 is 10.5 Å². The molecular formula is C16H24N2O. The van der Waals surface area contributed by atoms with E-state index in [4.69, 9.17) is 10.5 Å². The molecule has 3 nitrogen and oxygen atoms in total. The summed E-state index contributed by atoms with van der Waals surface area (Å²) in [6.07, 6.45) is 5.83. The molecular weight excluding hydrogens is 236 g/mol. The average molecular weight is 260 g/mol. The van der Waals surface area contributed by atoms with Gasteiger partial charge in [-0.3, -0.25) is 0 Å². The van der Waals surface area contributed by atoms with Gasteiger partial charge in [-0.05, 0) is 36.7 Å². The molecule has 2 saturated carbocycles. The summed E-state index contributed by atoms with van der Waals surface area (Å²) < 4.78 is 6.28. The Bertz CT molecular complexity index is 485. The second-order valence-corrected chi connectivity index (χ2v) is 6.89. The second kappa shape index (κ2) is 4.20. The highest BCUT2D eigenvalue weighted by molar-refractivity contribution is 5.26. The lowest BCUT2D eigenvalue weighted by Gasteiger charge is -2.38. The van der Waals surface area contributed by atoms with Gasteiger partial charge >= 0.3 is 0 Å². The van der Waals surface area contributed by atoms with Gasteiger partial charge in [0.1, 0.15) is 6.10 Å². The predicted octanol–water partition coefficient (Wildman–Crippen LogP) is 3.13. The van der Waals surface area contributed by atoms with Crippen molar-refractivity contribution in [3.63, 3.8) is 0 Å². The van der Waals surface area contributed by atoms with Crippen molar-refractivity contribution in [3.8, 4) is 5.88 Å². The van der Waals surface area contributed by atoms with E-state index in [0.717, 1.165) is 23.8 Å². The molecule has 0 amide bonds. The third-order valence-electron chi connectivity index (χ3n) is 6.04. The lowest BCUT2D eigenvalue weighted by molar-refractivity contribution is 0.0267. The molecule has 0 aliphatic heterocycles. The van der Waals surface area contributed by atoms with Crippen LogP contribution >= 0.6 is 0 Å². The van der Waals surface area contributed by atoms with E-state index in [0.29, 0.717) is 12.0 Å². The highest BCUT2D eigenvalue weighted by atomic mass is 16.5. The summed E-state index contributed by atoms with van der Waals surface area (Å²) in [5.41, 5.74) is 7.41. The molecule has 0 radical (unpaired) electrons. The van der Waals surface area contributed by atoms with Gasteiger partial charge in [0.05, 0.1) is 0 Å². The summed E-state index contributed by atoms with van der Waals surface area (Å²) in [6.45, 7) is 7.67. The number of hydrogen-bond acceptors (Lipinski definition) is 3. The van der Waals surface area contributed by atoms with E-state index in [-0.39, 0.29) is 11.5 Å². The largest absolute Gasteiger partial charge is 0.474 e. The van der Waals surface area contributed by atoms with E-state index in [1.165, 1.54) is 12.8 Å².